The number of nitrogens with zero attached hydrogens (tertiary/aromatic N) is 2. The van der Waals surface area contributed by atoms with E-state index >= 15 is 0 Å². The molecule has 1 aromatic heterocycles. The Morgan fingerprint density at radius 1 is 1.24 bits per heavy atom. The molecule has 0 unspecified atom stereocenters. The molecule has 1 heterocycles. The van der Waals surface area contributed by atoms with Crippen LogP contribution in [0.4, 0.5) is 0 Å². The maximum atomic E-state index is 8.79. The molecule has 0 N–H and O–H groups in total. The fraction of sp³-hybridized carbons (Fsp3) is 0.733. The van der Waals surface area contributed by atoms with Gasteiger partial charge in [-0.2, -0.15) is 10.2 Å². The second-order valence-electron chi connectivity index (χ2n) is 6.66. The Balaban J connectivity index is 2.24. The fourth-order valence-electron chi connectivity index (χ4n) is 1.48. The molecule has 0 radical (unpaired) electrons. The van der Waals surface area contributed by atoms with Gasteiger partial charge in [0.15, 0.2) is 13.3 Å². The summed E-state index contributed by atoms with van der Waals surface area (Å²) in [4.78, 5) is 5.09. The Hall–Kier alpha value is -0.903. The van der Waals surface area contributed by atoms with E-state index in [4.69, 9.17) is 14.4 Å². The van der Waals surface area contributed by atoms with Crippen LogP contribution in [0.1, 0.15) is 43.5 Å². The number of rotatable bonds is 7. The number of aryl methyl sites for hydroxylation is 1. The van der Waals surface area contributed by atoms with Gasteiger partial charge in [-0.05, 0) is 37.9 Å². The second-order valence-corrected chi connectivity index (χ2v) is 12.7. The van der Waals surface area contributed by atoms with Crippen molar-refractivity contribution in [3.05, 3.63) is 9.88 Å². The number of unbranched alkanes of at least 4 members (excludes halogenated alkanes) is 1. The van der Waals surface area contributed by atoms with Crippen molar-refractivity contribution in [2.45, 2.75) is 58.7 Å². The van der Waals surface area contributed by atoms with Gasteiger partial charge in [-0.25, -0.2) is 0 Å². The van der Waals surface area contributed by atoms with E-state index < -0.39 is 8.32 Å². The molecule has 0 fully saturated rings. The molecule has 0 saturated carbocycles. The Morgan fingerprint density at radius 3 is 2.38 bits per heavy atom. The SMILES string of the molecule is Cc1sc(C#N)nc1OCCCCO[Si](C)(C)C(C)(C)C. The number of aromatic nitrogens is 1. The first kappa shape index (κ1) is 18.1. The molecule has 0 spiro atoms. The van der Waals surface area contributed by atoms with Crippen molar-refractivity contribution in [3.63, 3.8) is 0 Å². The van der Waals surface area contributed by atoms with Crippen LogP contribution in [0, 0.1) is 18.3 Å². The molecule has 0 amide bonds. The largest absolute Gasteiger partial charge is 0.477 e. The minimum absolute atomic E-state index is 0.259. The molecule has 1 rings (SSSR count). The van der Waals surface area contributed by atoms with Crippen LogP contribution < -0.4 is 4.74 Å². The summed E-state index contributed by atoms with van der Waals surface area (Å²) in [6.07, 6.45) is 1.92. The first-order valence-corrected chi connectivity index (χ1v) is 11.0. The van der Waals surface area contributed by atoms with Crippen LogP contribution in [0.25, 0.3) is 0 Å². The van der Waals surface area contributed by atoms with E-state index in [9.17, 15) is 0 Å². The van der Waals surface area contributed by atoms with Crippen molar-refractivity contribution in [1.29, 1.82) is 5.26 Å². The highest BCUT2D eigenvalue weighted by Gasteiger charge is 2.36. The molecule has 0 bridgehead atoms. The monoisotopic (exact) mass is 326 g/mol. The van der Waals surface area contributed by atoms with E-state index in [1.807, 2.05) is 13.0 Å². The molecule has 118 valence electrons. The molecule has 0 aromatic carbocycles. The molecule has 1 aromatic rings. The minimum Gasteiger partial charge on any atom is -0.477 e. The second kappa shape index (κ2) is 7.39. The van der Waals surface area contributed by atoms with E-state index in [1.165, 1.54) is 11.3 Å². The highest BCUT2D eigenvalue weighted by atomic mass is 32.1. The van der Waals surface area contributed by atoms with Crippen LogP contribution in [0.3, 0.4) is 0 Å². The van der Waals surface area contributed by atoms with E-state index in [2.05, 4.69) is 38.8 Å². The molecule has 4 nitrogen and oxygen atoms in total. The van der Waals surface area contributed by atoms with E-state index in [1.54, 1.807) is 0 Å². The predicted molar refractivity (Wildman–Crippen MR) is 89.4 cm³/mol. The summed E-state index contributed by atoms with van der Waals surface area (Å²) >= 11 is 1.37. The summed E-state index contributed by atoms with van der Waals surface area (Å²) in [5.41, 5.74) is 0. The highest BCUT2D eigenvalue weighted by Crippen LogP contribution is 2.36. The first-order valence-electron chi connectivity index (χ1n) is 7.31. The average Bonchev–Trinajstić information content (AvgIpc) is 2.73. The Labute approximate surface area is 133 Å². The summed E-state index contributed by atoms with van der Waals surface area (Å²) in [7, 11) is -1.63. The van der Waals surface area contributed by atoms with Crippen LogP contribution in [-0.4, -0.2) is 26.5 Å². The lowest BCUT2D eigenvalue weighted by Crippen LogP contribution is -2.41. The van der Waals surface area contributed by atoms with Crippen molar-refractivity contribution in [2.75, 3.05) is 13.2 Å². The summed E-state index contributed by atoms with van der Waals surface area (Å²) < 4.78 is 11.7. The van der Waals surface area contributed by atoms with Gasteiger partial charge in [-0.15, -0.1) is 11.3 Å². The standard InChI is InChI=1S/C15H26N2O2SSi/c1-12-14(17-13(11-16)20-12)18-9-7-8-10-19-21(5,6)15(2,3)4/h7-10H2,1-6H3. The highest BCUT2D eigenvalue weighted by molar-refractivity contribution is 7.12. The van der Waals surface area contributed by atoms with Gasteiger partial charge in [0, 0.05) is 6.61 Å². The van der Waals surface area contributed by atoms with Gasteiger partial charge >= 0.3 is 0 Å². The third kappa shape index (κ3) is 5.42. The molecule has 0 atom stereocenters. The minimum atomic E-state index is -1.63. The Kier molecular flexibility index (Phi) is 6.38. The fourth-order valence-corrected chi connectivity index (χ4v) is 3.22. The normalized spacial score (nSPS) is 12.2. The molecule has 0 aliphatic carbocycles. The molecular formula is C15H26N2O2SSi. The van der Waals surface area contributed by atoms with Crippen molar-refractivity contribution in [1.82, 2.24) is 4.98 Å². The van der Waals surface area contributed by atoms with Crippen molar-refractivity contribution in [2.24, 2.45) is 0 Å². The van der Waals surface area contributed by atoms with Gasteiger partial charge in [-0.1, -0.05) is 20.8 Å². The number of ether oxygens (including phenoxy) is 1. The zero-order valence-electron chi connectivity index (χ0n) is 13.9. The molecule has 0 saturated heterocycles. The van der Waals surface area contributed by atoms with Crippen LogP contribution in [0.2, 0.25) is 18.1 Å². The van der Waals surface area contributed by atoms with Gasteiger partial charge in [0.1, 0.15) is 6.07 Å². The molecule has 0 aliphatic heterocycles. The zero-order valence-corrected chi connectivity index (χ0v) is 15.8. The number of hydrogen-bond donors (Lipinski definition) is 0. The van der Waals surface area contributed by atoms with Crippen LogP contribution in [0.15, 0.2) is 0 Å². The maximum absolute atomic E-state index is 8.79. The summed E-state index contributed by atoms with van der Waals surface area (Å²) in [5.74, 6) is 0.599. The van der Waals surface area contributed by atoms with Gasteiger partial charge in [-0.3, -0.25) is 0 Å². The predicted octanol–water partition coefficient (Wildman–Crippen LogP) is 4.50. The summed E-state index contributed by atoms with van der Waals surface area (Å²) in [6.45, 7) is 14.6. The maximum Gasteiger partial charge on any atom is 0.228 e. The lowest BCUT2D eigenvalue weighted by atomic mass is 10.2. The van der Waals surface area contributed by atoms with E-state index in [0.29, 0.717) is 17.5 Å². The quantitative estimate of drug-likeness (QED) is 0.546. The molecule has 6 heteroatoms. The molecular weight excluding hydrogens is 300 g/mol. The Bertz CT molecular complexity index is 501. The first-order chi connectivity index (χ1) is 9.67. The van der Waals surface area contributed by atoms with E-state index in [0.717, 1.165) is 24.3 Å². The third-order valence-corrected chi connectivity index (χ3v) is 9.29. The van der Waals surface area contributed by atoms with Gasteiger partial charge in [0.05, 0.1) is 11.5 Å². The van der Waals surface area contributed by atoms with Gasteiger partial charge in [0.25, 0.3) is 0 Å². The van der Waals surface area contributed by atoms with Gasteiger partial charge in [0.2, 0.25) is 5.88 Å². The lowest BCUT2D eigenvalue weighted by Gasteiger charge is -2.36. The smallest absolute Gasteiger partial charge is 0.228 e. The number of thiazole rings is 1. The van der Waals surface area contributed by atoms with E-state index in [-0.39, 0.29) is 5.04 Å². The van der Waals surface area contributed by atoms with Crippen LogP contribution in [-0.2, 0) is 4.43 Å². The summed E-state index contributed by atoms with van der Waals surface area (Å²) in [6, 6.07) is 2.04. The van der Waals surface area contributed by atoms with Crippen molar-refractivity contribution >= 4 is 19.7 Å². The lowest BCUT2D eigenvalue weighted by molar-refractivity contribution is 0.248. The summed E-state index contributed by atoms with van der Waals surface area (Å²) in [5, 5.41) is 9.51. The van der Waals surface area contributed by atoms with Crippen LogP contribution in [0.5, 0.6) is 5.88 Å². The van der Waals surface area contributed by atoms with Crippen molar-refractivity contribution in [3.8, 4) is 11.9 Å². The third-order valence-electron chi connectivity index (χ3n) is 3.90. The molecule has 0 aliphatic rings. The molecule has 21 heavy (non-hydrogen) atoms. The average molecular weight is 327 g/mol. The van der Waals surface area contributed by atoms with Gasteiger partial charge < -0.3 is 9.16 Å². The van der Waals surface area contributed by atoms with Crippen LogP contribution >= 0.6 is 11.3 Å². The number of nitriles is 1. The van der Waals surface area contributed by atoms with Crippen molar-refractivity contribution < 1.29 is 9.16 Å². The zero-order chi connectivity index (χ0) is 16.1. The topological polar surface area (TPSA) is 55.1 Å². The number of hydrogen-bond acceptors (Lipinski definition) is 5. The Morgan fingerprint density at radius 2 is 1.86 bits per heavy atom.